The summed E-state index contributed by atoms with van der Waals surface area (Å²) < 4.78 is 5.24. The van der Waals surface area contributed by atoms with Crippen molar-refractivity contribution < 1.29 is 19.4 Å². The first-order valence-electron chi connectivity index (χ1n) is 6.50. The molecule has 1 aliphatic carbocycles. The third kappa shape index (κ3) is 5.74. The van der Waals surface area contributed by atoms with E-state index >= 15 is 0 Å². The first-order chi connectivity index (χ1) is 9.00. The highest BCUT2D eigenvalue weighted by Gasteiger charge is 2.33. The minimum absolute atomic E-state index is 0.270. The van der Waals surface area contributed by atoms with Crippen molar-refractivity contribution in [1.82, 2.24) is 10.6 Å². The van der Waals surface area contributed by atoms with Crippen molar-refractivity contribution >= 4 is 12.0 Å². The van der Waals surface area contributed by atoms with E-state index in [0.29, 0.717) is 26.2 Å². The maximum Gasteiger partial charge on any atom is 0.315 e. The van der Waals surface area contributed by atoms with E-state index in [0.717, 1.165) is 18.4 Å². The zero-order chi connectivity index (χ0) is 14.3. The zero-order valence-corrected chi connectivity index (χ0v) is 11.3. The molecule has 0 aromatic carbocycles. The van der Waals surface area contributed by atoms with Crippen LogP contribution in [0.4, 0.5) is 4.79 Å². The van der Waals surface area contributed by atoms with Crippen LogP contribution < -0.4 is 10.6 Å². The maximum atomic E-state index is 11.6. The molecule has 0 radical (unpaired) electrons. The molecule has 1 aliphatic rings. The Morgan fingerprint density at radius 2 is 2.16 bits per heavy atom. The van der Waals surface area contributed by atoms with E-state index in [2.05, 4.69) is 17.2 Å². The number of hydrogen-bond acceptors (Lipinski definition) is 3. The lowest BCUT2D eigenvalue weighted by atomic mass is 10.0. The number of rotatable bonds is 7. The van der Waals surface area contributed by atoms with Crippen LogP contribution in [0.1, 0.15) is 26.2 Å². The molecule has 108 valence electrons. The van der Waals surface area contributed by atoms with Crippen molar-refractivity contribution in [2.24, 2.45) is 5.92 Å². The van der Waals surface area contributed by atoms with Crippen molar-refractivity contribution in [3.8, 4) is 0 Å². The number of carboxylic acid groups (broad SMARTS) is 1. The van der Waals surface area contributed by atoms with Gasteiger partial charge in [0.25, 0.3) is 0 Å². The topological polar surface area (TPSA) is 87.7 Å². The summed E-state index contributed by atoms with van der Waals surface area (Å²) in [6, 6.07) is -0.606. The molecule has 2 amide bonds. The van der Waals surface area contributed by atoms with Gasteiger partial charge in [-0.3, -0.25) is 4.79 Å². The van der Waals surface area contributed by atoms with Gasteiger partial charge in [0.05, 0.1) is 19.1 Å². The molecule has 0 aromatic heterocycles. The fraction of sp³-hybridized carbons (Fsp3) is 0.692. The van der Waals surface area contributed by atoms with Crippen LogP contribution in [0.5, 0.6) is 0 Å². The molecule has 0 heterocycles. The maximum absolute atomic E-state index is 11.6. The van der Waals surface area contributed by atoms with E-state index in [1.165, 1.54) is 0 Å². The number of aliphatic carboxylic acids is 1. The minimum atomic E-state index is -0.840. The highest BCUT2D eigenvalue weighted by Crippen LogP contribution is 2.25. The van der Waals surface area contributed by atoms with Crippen molar-refractivity contribution in [3.05, 3.63) is 12.2 Å². The summed E-state index contributed by atoms with van der Waals surface area (Å²) >= 11 is 0. The second kappa shape index (κ2) is 7.78. The molecule has 19 heavy (non-hydrogen) atoms. The van der Waals surface area contributed by atoms with Crippen LogP contribution in [0, 0.1) is 5.92 Å². The van der Waals surface area contributed by atoms with Gasteiger partial charge in [-0.2, -0.15) is 0 Å². The molecular formula is C13H22N2O4. The summed E-state index contributed by atoms with van der Waals surface area (Å²) in [6.07, 6.45) is 2.18. The van der Waals surface area contributed by atoms with E-state index in [9.17, 15) is 9.59 Å². The van der Waals surface area contributed by atoms with Crippen molar-refractivity contribution in [1.29, 1.82) is 0 Å². The first-order valence-corrected chi connectivity index (χ1v) is 6.50. The van der Waals surface area contributed by atoms with Crippen LogP contribution in [-0.2, 0) is 9.53 Å². The molecule has 2 unspecified atom stereocenters. The van der Waals surface area contributed by atoms with Gasteiger partial charge in [-0.1, -0.05) is 18.6 Å². The van der Waals surface area contributed by atoms with E-state index in [1.807, 2.05) is 6.92 Å². The average molecular weight is 270 g/mol. The Kier molecular flexibility index (Phi) is 6.35. The number of carboxylic acids is 1. The van der Waals surface area contributed by atoms with Gasteiger partial charge in [-0.15, -0.1) is 0 Å². The van der Waals surface area contributed by atoms with Crippen LogP contribution in [0.25, 0.3) is 0 Å². The molecule has 0 aromatic rings. The Bertz CT molecular complexity index is 344. The predicted molar refractivity (Wildman–Crippen MR) is 70.9 cm³/mol. The van der Waals surface area contributed by atoms with Crippen LogP contribution in [0.3, 0.4) is 0 Å². The minimum Gasteiger partial charge on any atom is -0.481 e. The number of urea groups is 1. The summed E-state index contributed by atoms with van der Waals surface area (Å²) in [7, 11) is 0. The van der Waals surface area contributed by atoms with Crippen molar-refractivity contribution in [3.63, 3.8) is 0 Å². The molecule has 1 rings (SSSR count). The van der Waals surface area contributed by atoms with Crippen LogP contribution in [-0.4, -0.2) is 42.9 Å². The fourth-order valence-corrected chi connectivity index (χ4v) is 2.13. The van der Waals surface area contributed by atoms with Gasteiger partial charge in [0, 0.05) is 12.6 Å². The molecule has 2 atom stereocenters. The van der Waals surface area contributed by atoms with E-state index in [4.69, 9.17) is 9.84 Å². The van der Waals surface area contributed by atoms with Crippen LogP contribution in [0.15, 0.2) is 12.2 Å². The number of carbonyl (C=O) groups excluding carboxylic acids is 1. The zero-order valence-electron chi connectivity index (χ0n) is 11.3. The number of ether oxygens (including phenoxy) is 1. The molecule has 0 bridgehead atoms. The standard InChI is InChI=1S/C13H22N2O4/c1-9(2)8-19-7-6-14-13(18)15-11-5-3-4-10(11)12(16)17/h10-11H,1,3-8H2,2H3,(H,16,17)(H2,14,15,18). The predicted octanol–water partition coefficient (Wildman–Crippen LogP) is 1.13. The lowest BCUT2D eigenvalue weighted by molar-refractivity contribution is -0.142. The summed E-state index contributed by atoms with van der Waals surface area (Å²) in [4.78, 5) is 22.5. The lowest BCUT2D eigenvalue weighted by Gasteiger charge is -2.17. The third-order valence-electron chi connectivity index (χ3n) is 3.03. The Morgan fingerprint density at radius 1 is 1.42 bits per heavy atom. The highest BCUT2D eigenvalue weighted by molar-refractivity contribution is 5.76. The Hall–Kier alpha value is -1.56. The van der Waals surface area contributed by atoms with Gasteiger partial charge >= 0.3 is 12.0 Å². The molecule has 0 saturated heterocycles. The molecule has 0 aliphatic heterocycles. The first kappa shape index (κ1) is 15.5. The summed E-state index contributed by atoms with van der Waals surface area (Å²) in [6.45, 7) is 6.85. The van der Waals surface area contributed by atoms with Crippen molar-refractivity contribution in [2.45, 2.75) is 32.2 Å². The Balaban J connectivity index is 2.17. The largest absolute Gasteiger partial charge is 0.481 e. The fourth-order valence-electron chi connectivity index (χ4n) is 2.13. The number of hydrogen-bond donors (Lipinski definition) is 3. The summed E-state index contributed by atoms with van der Waals surface area (Å²) in [5, 5.41) is 14.3. The van der Waals surface area contributed by atoms with Crippen LogP contribution >= 0.6 is 0 Å². The SMILES string of the molecule is C=C(C)COCCNC(=O)NC1CCCC1C(=O)O. The van der Waals surface area contributed by atoms with Crippen molar-refractivity contribution in [2.75, 3.05) is 19.8 Å². The molecule has 1 fully saturated rings. The number of amides is 2. The molecule has 0 spiro atoms. The van der Waals surface area contributed by atoms with E-state index in [-0.39, 0.29) is 12.1 Å². The van der Waals surface area contributed by atoms with Gasteiger partial charge in [0.15, 0.2) is 0 Å². The van der Waals surface area contributed by atoms with Gasteiger partial charge < -0.3 is 20.5 Å². The second-order valence-electron chi connectivity index (χ2n) is 4.89. The Morgan fingerprint density at radius 3 is 2.79 bits per heavy atom. The second-order valence-corrected chi connectivity index (χ2v) is 4.89. The molecule has 6 heteroatoms. The van der Waals surface area contributed by atoms with Crippen LogP contribution in [0.2, 0.25) is 0 Å². The van der Waals surface area contributed by atoms with E-state index in [1.54, 1.807) is 0 Å². The summed E-state index contributed by atoms with van der Waals surface area (Å²) in [5.74, 6) is -1.31. The van der Waals surface area contributed by atoms with Gasteiger partial charge in [0.2, 0.25) is 0 Å². The highest BCUT2D eigenvalue weighted by atomic mass is 16.5. The Labute approximate surface area is 113 Å². The lowest BCUT2D eigenvalue weighted by Crippen LogP contribution is -2.46. The molecule has 3 N–H and O–H groups in total. The molecule has 1 saturated carbocycles. The monoisotopic (exact) mass is 270 g/mol. The molecular weight excluding hydrogens is 248 g/mol. The smallest absolute Gasteiger partial charge is 0.315 e. The summed E-state index contributed by atoms with van der Waals surface area (Å²) in [5.41, 5.74) is 0.930. The number of carbonyl (C=O) groups is 2. The van der Waals surface area contributed by atoms with Gasteiger partial charge in [-0.05, 0) is 19.8 Å². The van der Waals surface area contributed by atoms with E-state index < -0.39 is 11.9 Å². The number of nitrogens with one attached hydrogen (secondary N) is 2. The average Bonchev–Trinajstić information content (AvgIpc) is 2.76. The molecule has 6 nitrogen and oxygen atoms in total. The normalized spacial score (nSPS) is 21.9. The van der Waals surface area contributed by atoms with Gasteiger partial charge in [0.1, 0.15) is 0 Å². The quantitative estimate of drug-likeness (QED) is 0.478. The third-order valence-corrected chi connectivity index (χ3v) is 3.03. The van der Waals surface area contributed by atoms with Gasteiger partial charge in [-0.25, -0.2) is 4.79 Å².